The number of hydrogen-bond acceptors (Lipinski definition) is 3. The van der Waals surface area contributed by atoms with Crippen LogP contribution in [0.2, 0.25) is 5.02 Å². The van der Waals surface area contributed by atoms with Crippen LogP contribution in [0.4, 0.5) is 5.82 Å². The molecule has 0 amide bonds. The van der Waals surface area contributed by atoms with E-state index >= 15 is 0 Å². The molecule has 0 spiro atoms. The van der Waals surface area contributed by atoms with Gasteiger partial charge in [-0.15, -0.1) is 0 Å². The van der Waals surface area contributed by atoms with Gasteiger partial charge in [0.05, 0.1) is 5.52 Å². The van der Waals surface area contributed by atoms with Gasteiger partial charge in [-0.1, -0.05) is 17.7 Å². The van der Waals surface area contributed by atoms with Crippen LogP contribution in [0.3, 0.4) is 0 Å². The van der Waals surface area contributed by atoms with Crippen LogP contribution >= 0.6 is 11.6 Å². The van der Waals surface area contributed by atoms with Gasteiger partial charge in [0, 0.05) is 10.6 Å². The molecule has 3 aromatic rings. The molecule has 0 atom stereocenters. The highest BCUT2D eigenvalue weighted by molar-refractivity contribution is 6.30. The van der Waals surface area contributed by atoms with Gasteiger partial charge in [-0.3, -0.25) is 0 Å². The van der Waals surface area contributed by atoms with Crippen molar-refractivity contribution in [3.63, 3.8) is 0 Å². The zero-order valence-corrected chi connectivity index (χ0v) is 10.5. The number of nitrogens with two attached hydrogens (primary N) is 1. The van der Waals surface area contributed by atoms with Crippen molar-refractivity contribution in [3.8, 4) is 11.4 Å². The van der Waals surface area contributed by atoms with Gasteiger partial charge in [0.25, 0.3) is 0 Å². The summed E-state index contributed by atoms with van der Waals surface area (Å²) in [6, 6.07) is 9.33. The molecule has 0 fully saturated rings. The van der Waals surface area contributed by atoms with Gasteiger partial charge in [0.2, 0.25) is 0 Å². The van der Waals surface area contributed by atoms with Crippen molar-refractivity contribution < 1.29 is 0 Å². The van der Waals surface area contributed by atoms with E-state index in [1.807, 2.05) is 31.2 Å². The number of fused-ring (bicyclic) bond motifs is 1. The molecule has 18 heavy (non-hydrogen) atoms. The second-order valence-corrected chi connectivity index (χ2v) is 4.59. The lowest BCUT2D eigenvalue weighted by molar-refractivity contribution is 1.29. The number of anilines is 1. The number of benzene rings is 1. The summed E-state index contributed by atoms with van der Waals surface area (Å²) in [5, 5.41) is 0.684. The molecule has 0 aliphatic carbocycles. The first-order chi connectivity index (χ1) is 8.63. The van der Waals surface area contributed by atoms with Gasteiger partial charge in [-0.2, -0.15) is 0 Å². The Kier molecular flexibility index (Phi) is 2.45. The number of rotatable bonds is 1. The Morgan fingerprint density at radius 2 is 2.00 bits per heavy atom. The van der Waals surface area contributed by atoms with Crippen LogP contribution in [0.1, 0.15) is 5.56 Å². The van der Waals surface area contributed by atoms with E-state index in [-0.39, 0.29) is 0 Å². The molecule has 90 valence electrons. The number of H-pyrrole nitrogens is 1. The molecule has 0 unspecified atom stereocenters. The normalized spacial score (nSPS) is 11.0. The predicted octanol–water partition coefficient (Wildman–Crippen LogP) is 3.17. The van der Waals surface area contributed by atoms with Crippen molar-refractivity contribution in [2.45, 2.75) is 6.92 Å². The van der Waals surface area contributed by atoms with E-state index in [0.717, 1.165) is 22.5 Å². The number of imidazole rings is 1. The Bertz CT molecular complexity index is 733. The first kappa shape index (κ1) is 11.0. The summed E-state index contributed by atoms with van der Waals surface area (Å²) in [4.78, 5) is 11.8. The number of nitrogen functional groups attached to an aromatic ring is 1. The minimum Gasteiger partial charge on any atom is -0.384 e. The molecule has 0 radical (unpaired) electrons. The number of aromatic nitrogens is 3. The average Bonchev–Trinajstić information content (AvgIpc) is 2.74. The van der Waals surface area contributed by atoms with Gasteiger partial charge in [0.15, 0.2) is 5.65 Å². The number of nitrogens with one attached hydrogen (secondary N) is 1. The molecule has 0 aliphatic heterocycles. The first-order valence-electron chi connectivity index (χ1n) is 5.52. The second kappa shape index (κ2) is 3.99. The highest BCUT2D eigenvalue weighted by atomic mass is 35.5. The van der Waals surface area contributed by atoms with Crippen molar-refractivity contribution in [2.24, 2.45) is 0 Å². The summed E-state index contributed by atoms with van der Waals surface area (Å²) >= 11 is 6.01. The molecule has 0 aliphatic rings. The number of pyridine rings is 1. The number of aryl methyl sites for hydroxylation is 1. The number of hydrogen-bond donors (Lipinski definition) is 2. The molecule has 5 heteroatoms. The molecule has 0 saturated heterocycles. The van der Waals surface area contributed by atoms with Crippen LogP contribution in [0.5, 0.6) is 0 Å². The molecular formula is C13H11ClN4. The summed E-state index contributed by atoms with van der Waals surface area (Å²) in [7, 11) is 0. The SMILES string of the molecule is Cc1ccc(Cl)cc1-c1nc2nc(N)ccc2[nH]1. The maximum Gasteiger partial charge on any atom is 0.180 e. The minimum absolute atomic E-state index is 0.461. The summed E-state index contributed by atoms with van der Waals surface area (Å²) in [6.07, 6.45) is 0. The highest BCUT2D eigenvalue weighted by Crippen LogP contribution is 2.26. The third-order valence-electron chi connectivity index (χ3n) is 2.82. The molecule has 1 aromatic carbocycles. The number of nitrogens with zero attached hydrogens (tertiary/aromatic N) is 2. The molecule has 3 N–H and O–H groups in total. The third kappa shape index (κ3) is 1.80. The fourth-order valence-electron chi connectivity index (χ4n) is 1.88. The van der Waals surface area contributed by atoms with Crippen molar-refractivity contribution >= 4 is 28.6 Å². The van der Waals surface area contributed by atoms with E-state index in [1.54, 1.807) is 6.07 Å². The standard InChI is InChI=1S/C13H11ClN4/c1-7-2-3-8(14)6-9(7)12-16-10-4-5-11(15)17-13(10)18-12/h2-6H,1H3,(H3,15,16,17,18). The van der Waals surface area contributed by atoms with Crippen LogP contribution in [0.15, 0.2) is 30.3 Å². The van der Waals surface area contributed by atoms with Crippen LogP contribution in [-0.4, -0.2) is 15.0 Å². The Morgan fingerprint density at radius 1 is 1.17 bits per heavy atom. The maximum atomic E-state index is 6.01. The smallest absolute Gasteiger partial charge is 0.180 e. The average molecular weight is 259 g/mol. The van der Waals surface area contributed by atoms with Gasteiger partial charge in [0.1, 0.15) is 11.6 Å². The lowest BCUT2D eigenvalue weighted by Crippen LogP contribution is -1.88. The largest absolute Gasteiger partial charge is 0.384 e. The van der Waals surface area contributed by atoms with Gasteiger partial charge < -0.3 is 10.7 Å². The fourth-order valence-corrected chi connectivity index (χ4v) is 2.06. The molecule has 4 nitrogen and oxygen atoms in total. The molecule has 3 rings (SSSR count). The molecule has 2 heterocycles. The molecule has 2 aromatic heterocycles. The summed E-state index contributed by atoms with van der Waals surface area (Å²) in [5.41, 5.74) is 9.19. The van der Waals surface area contributed by atoms with Gasteiger partial charge >= 0.3 is 0 Å². The van der Waals surface area contributed by atoms with Crippen LogP contribution in [0, 0.1) is 6.92 Å². The summed E-state index contributed by atoms with van der Waals surface area (Å²) in [6.45, 7) is 2.01. The van der Waals surface area contributed by atoms with Crippen LogP contribution in [-0.2, 0) is 0 Å². The summed E-state index contributed by atoms with van der Waals surface area (Å²) in [5.74, 6) is 1.21. The summed E-state index contributed by atoms with van der Waals surface area (Å²) < 4.78 is 0. The molecular weight excluding hydrogens is 248 g/mol. The Balaban J connectivity index is 2.22. The van der Waals surface area contributed by atoms with E-state index in [9.17, 15) is 0 Å². The van der Waals surface area contributed by atoms with E-state index in [0.29, 0.717) is 16.5 Å². The predicted molar refractivity (Wildman–Crippen MR) is 73.5 cm³/mol. The molecule has 0 saturated carbocycles. The lowest BCUT2D eigenvalue weighted by Gasteiger charge is -2.02. The third-order valence-corrected chi connectivity index (χ3v) is 3.06. The van der Waals surface area contributed by atoms with Crippen LogP contribution < -0.4 is 5.73 Å². The van der Waals surface area contributed by atoms with Crippen molar-refractivity contribution in [1.29, 1.82) is 0 Å². The first-order valence-corrected chi connectivity index (χ1v) is 5.90. The zero-order valence-electron chi connectivity index (χ0n) is 9.74. The zero-order chi connectivity index (χ0) is 12.7. The van der Waals surface area contributed by atoms with E-state index in [4.69, 9.17) is 17.3 Å². The highest BCUT2D eigenvalue weighted by Gasteiger charge is 2.09. The second-order valence-electron chi connectivity index (χ2n) is 4.15. The Morgan fingerprint density at radius 3 is 2.83 bits per heavy atom. The molecule has 0 bridgehead atoms. The monoisotopic (exact) mass is 258 g/mol. The van der Waals surface area contributed by atoms with E-state index in [1.165, 1.54) is 0 Å². The number of aromatic amines is 1. The van der Waals surface area contributed by atoms with Crippen molar-refractivity contribution in [1.82, 2.24) is 15.0 Å². The van der Waals surface area contributed by atoms with Crippen molar-refractivity contribution in [3.05, 3.63) is 40.9 Å². The Hall–Kier alpha value is -2.07. The fraction of sp³-hybridized carbons (Fsp3) is 0.0769. The minimum atomic E-state index is 0.461. The lowest BCUT2D eigenvalue weighted by atomic mass is 10.1. The quantitative estimate of drug-likeness (QED) is 0.704. The van der Waals surface area contributed by atoms with Crippen molar-refractivity contribution in [2.75, 3.05) is 5.73 Å². The van der Waals surface area contributed by atoms with Gasteiger partial charge in [-0.25, -0.2) is 9.97 Å². The van der Waals surface area contributed by atoms with Gasteiger partial charge in [-0.05, 0) is 36.8 Å². The van der Waals surface area contributed by atoms with E-state index in [2.05, 4.69) is 15.0 Å². The number of halogens is 1. The topological polar surface area (TPSA) is 67.6 Å². The van der Waals surface area contributed by atoms with Crippen LogP contribution in [0.25, 0.3) is 22.6 Å². The van der Waals surface area contributed by atoms with E-state index < -0.39 is 0 Å². The Labute approximate surface area is 109 Å². The maximum absolute atomic E-state index is 6.01.